The van der Waals surface area contributed by atoms with Crippen molar-refractivity contribution in [2.75, 3.05) is 6.54 Å². The van der Waals surface area contributed by atoms with Crippen LogP contribution in [-0.2, 0) is 0 Å². The van der Waals surface area contributed by atoms with Gasteiger partial charge >= 0.3 is 0 Å². The Hall–Kier alpha value is 0.0600. The molecule has 1 aromatic carbocycles. The maximum atomic E-state index is 13.2. The molecule has 0 aliphatic rings. The van der Waals surface area contributed by atoms with Crippen molar-refractivity contribution in [1.29, 1.82) is 0 Å². The molecule has 6 heteroatoms. The van der Waals surface area contributed by atoms with E-state index in [4.69, 9.17) is 11.6 Å². The summed E-state index contributed by atoms with van der Waals surface area (Å²) in [5.74, 6) is -0.253. The molecule has 0 spiro atoms. The zero-order valence-corrected chi connectivity index (χ0v) is 14.8. The van der Waals surface area contributed by atoms with Gasteiger partial charge in [0.15, 0.2) is 0 Å². The smallest absolute Gasteiger partial charge is 0.124 e. The van der Waals surface area contributed by atoms with Crippen molar-refractivity contribution in [3.8, 4) is 0 Å². The minimum Gasteiger partial charge on any atom is -0.306 e. The minimum absolute atomic E-state index is 0.00576. The van der Waals surface area contributed by atoms with Crippen LogP contribution in [0.5, 0.6) is 0 Å². The van der Waals surface area contributed by atoms with Crippen LogP contribution >= 0.6 is 54.8 Å². The number of rotatable bonds is 4. The summed E-state index contributed by atoms with van der Waals surface area (Å²) in [4.78, 5) is 1.09. The molecule has 1 N–H and O–H groups in total. The maximum absolute atomic E-state index is 13.2. The van der Waals surface area contributed by atoms with Gasteiger partial charge in [-0.3, -0.25) is 0 Å². The fourth-order valence-electron chi connectivity index (χ4n) is 1.81. The summed E-state index contributed by atoms with van der Waals surface area (Å²) in [5.41, 5.74) is 0.994. The number of thiophene rings is 1. The van der Waals surface area contributed by atoms with Crippen LogP contribution in [0.25, 0.3) is 0 Å². The zero-order valence-electron chi connectivity index (χ0n) is 10.0. The lowest BCUT2D eigenvalue weighted by molar-refractivity contribution is 0.614. The molecule has 1 aromatic heterocycles. The molecule has 0 saturated carbocycles. The number of hydrogen-bond donors (Lipinski definition) is 1. The highest BCUT2D eigenvalue weighted by atomic mass is 79.9. The quantitative estimate of drug-likeness (QED) is 0.654. The van der Waals surface area contributed by atoms with Gasteiger partial charge in [-0.25, -0.2) is 4.39 Å². The van der Waals surface area contributed by atoms with E-state index < -0.39 is 0 Å². The van der Waals surface area contributed by atoms with Crippen molar-refractivity contribution in [3.05, 3.63) is 53.8 Å². The Kier molecular flexibility index (Phi) is 5.43. The van der Waals surface area contributed by atoms with Crippen LogP contribution in [0.1, 0.15) is 23.4 Å². The monoisotopic (exact) mass is 425 g/mol. The van der Waals surface area contributed by atoms with Gasteiger partial charge in [-0.1, -0.05) is 40.5 Å². The highest BCUT2D eigenvalue weighted by Gasteiger charge is 2.19. The predicted octanol–water partition coefficient (Wildman–Crippen LogP) is 5.76. The third-order valence-corrected chi connectivity index (χ3v) is 5.86. The first-order valence-electron chi connectivity index (χ1n) is 5.66. The van der Waals surface area contributed by atoms with Crippen LogP contribution in [-0.4, -0.2) is 6.54 Å². The zero-order chi connectivity index (χ0) is 14.0. The van der Waals surface area contributed by atoms with Crippen molar-refractivity contribution in [2.45, 2.75) is 13.0 Å². The van der Waals surface area contributed by atoms with Crippen molar-refractivity contribution >= 4 is 54.8 Å². The Morgan fingerprint density at radius 1 is 1.37 bits per heavy atom. The lowest BCUT2D eigenvalue weighted by Gasteiger charge is -2.18. The third kappa shape index (κ3) is 3.58. The average Bonchev–Trinajstić information content (AvgIpc) is 2.67. The van der Waals surface area contributed by atoms with Crippen molar-refractivity contribution in [2.24, 2.45) is 0 Å². The second-order valence-corrected chi connectivity index (χ2v) is 7.59. The van der Waals surface area contributed by atoms with Crippen molar-refractivity contribution in [3.63, 3.8) is 0 Å². The molecule has 0 radical (unpaired) electrons. The number of hydrogen-bond acceptors (Lipinski definition) is 2. The lowest BCUT2D eigenvalue weighted by atomic mass is 10.1. The highest BCUT2D eigenvalue weighted by Crippen LogP contribution is 2.39. The molecule has 1 atom stereocenters. The van der Waals surface area contributed by atoms with Crippen LogP contribution in [0.4, 0.5) is 4.39 Å². The minimum atomic E-state index is -0.253. The molecule has 0 fully saturated rings. The van der Waals surface area contributed by atoms with Gasteiger partial charge < -0.3 is 5.32 Å². The fraction of sp³-hybridized carbons (Fsp3) is 0.231. The third-order valence-electron chi connectivity index (χ3n) is 2.63. The Labute approximate surface area is 137 Å². The summed E-state index contributed by atoms with van der Waals surface area (Å²) in [6.45, 7) is 2.84. The summed E-state index contributed by atoms with van der Waals surface area (Å²) in [6.07, 6.45) is 0. The standard InChI is InChI=1S/C13H11Br2ClFNS/c1-2-18-12(11-6-10(16)13(15)19-11)8-4-3-7(17)5-9(8)14/h3-6,12,18H,2H2,1H3. The molecule has 19 heavy (non-hydrogen) atoms. The summed E-state index contributed by atoms with van der Waals surface area (Å²) in [5, 5.41) is 4.09. The molecule has 2 aromatic rings. The van der Waals surface area contributed by atoms with Gasteiger partial charge in [0.05, 0.1) is 14.9 Å². The number of nitrogens with one attached hydrogen (secondary N) is 1. The van der Waals surface area contributed by atoms with Crippen molar-refractivity contribution in [1.82, 2.24) is 5.32 Å². The summed E-state index contributed by atoms with van der Waals surface area (Å²) < 4.78 is 14.8. The Balaban J connectivity index is 2.44. The molecule has 0 amide bonds. The van der Waals surface area contributed by atoms with Gasteiger partial charge in [-0.15, -0.1) is 11.3 Å². The number of halogens is 4. The van der Waals surface area contributed by atoms with Gasteiger partial charge in [0, 0.05) is 9.35 Å². The first-order valence-corrected chi connectivity index (χ1v) is 8.44. The topological polar surface area (TPSA) is 12.0 Å². The average molecular weight is 428 g/mol. The van der Waals surface area contributed by atoms with E-state index in [1.165, 1.54) is 12.1 Å². The molecule has 0 aliphatic carbocycles. The van der Waals surface area contributed by atoms with Crippen LogP contribution in [0.3, 0.4) is 0 Å². The second kappa shape index (κ2) is 6.68. The first kappa shape index (κ1) is 15.4. The van der Waals surface area contributed by atoms with Crippen LogP contribution in [0, 0.1) is 5.82 Å². The Morgan fingerprint density at radius 2 is 2.11 bits per heavy atom. The molecular formula is C13H11Br2ClFNS. The van der Waals surface area contributed by atoms with E-state index in [9.17, 15) is 4.39 Å². The predicted molar refractivity (Wildman–Crippen MR) is 86.6 cm³/mol. The second-order valence-electron chi connectivity index (χ2n) is 3.93. The molecule has 1 unspecified atom stereocenters. The molecule has 0 aliphatic heterocycles. The fourth-order valence-corrected chi connectivity index (χ4v) is 4.23. The van der Waals surface area contributed by atoms with Crippen LogP contribution in [0.15, 0.2) is 32.5 Å². The summed E-state index contributed by atoms with van der Waals surface area (Å²) in [7, 11) is 0. The van der Waals surface area contributed by atoms with E-state index in [-0.39, 0.29) is 11.9 Å². The Morgan fingerprint density at radius 3 is 2.63 bits per heavy atom. The number of benzene rings is 1. The summed E-state index contributed by atoms with van der Waals surface area (Å²) in [6, 6.07) is 6.65. The van der Waals surface area contributed by atoms with E-state index >= 15 is 0 Å². The van der Waals surface area contributed by atoms with E-state index in [2.05, 4.69) is 37.2 Å². The lowest BCUT2D eigenvalue weighted by Crippen LogP contribution is -2.21. The van der Waals surface area contributed by atoms with Gasteiger partial charge in [0.1, 0.15) is 5.82 Å². The van der Waals surface area contributed by atoms with Gasteiger partial charge in [0.2, 0.25) is 0 Å². The maximum Gasteiger partial charge on any atom is 0.124 e. The molecule has 1 heterocycles. The molecule has 0 saturated heterocycles. The molecule has 2 rings (SSSR count). The first-order chi connectivity index (χ1) is 9.02. The highest BCUT2D eigenvalue weighted by molar-refractivity contribution is 9.11. The Bertz CT molecular complexity index is 569. The molecular weight excluding hydrogens is 416 g/mol. The van der Waals surface area contributed by atoms with E-state index in [0.717, 1.165) is 25.2 Å². The van der Waals surface area contributed by atoms with E-state index in [1.54, 1.807) is 17.4 Å². The largest absolute Gasteiger partial charge is 0.306 e. The van der Waals surface area contributed by atoms with Gasteiger partial charge in [-0.2, -0.15) is 0 Å². The van der Waals surface area contributed by atoms with E-state index in [0.29, 0.717) is 5.02 Å². The van der Waals surface area contributed by atoms with Crippen molar-refractivity contribution < 1.29 is 4.39 Å². The van der Waals surface area contributed by atoms with Gasteiger partial charge in [0.25, 0.3) is 0 Å². The molecule has 0 bridgehead atoms. The van der Waals surface area contributed by atoms with E-state index in [1.807, 2.05) is 13.0 Å². The van der Waals surface area contributed by atoms with Crippen LogP contribution < -0.4 is 5.32 Å². The molecule has 102 valence electrons. The normalized spacial score (nSPS) is 12.7. The SMILES string of the molecule is CCNC(c1cc(Cl)c(Br)s1)c1ccc(F)cc1Br. The van der Waals surface area contributed by atoms with Crippen LogP contribution in [0.2, 0.25) is 5.02 Å². The molecule has 1 nitrogen and oxygen atoms in total. The summed E-state index contributed by atoms with van der Waals surface area (Å²) >= 11 is 14.5. The van der Waals surface area contributed by atoms with Gasteiger partial charge in [-0.05, 0) is 46.2 Å².